The maximum atomic E-state index is 12.3. The molecule has 4 aromatic rings. The van der Waals surface area contributed by atoms with Crippen molar-refractivity contribution in [3.05, 3.63) is 76.1 Å². The first-order valence-electron chi connectivity index (χ1n) is 8.16. The first kappa shape index (κ1) is 17.9. The number of hydrogen-bond donors (Lipinski definition) is 1. The van der Waals surface area contributed by atoms with E-state index in [0.29, 0.717) is 10.6 Å². The molecule has 7 heteroatoms. The van der Waals surface area contributed by atoms with Crippen LogP contribution < -0.4 is 10.1 Å². The van der Waals surface area contributed by atoms with E-state index in [0.717, 1.165) is 20.4 Å². The van der Waals surface area contributed by atoms with Gasteiger partial charge in [0.05, 0.1) is 10.2 Å². The van der Waals surface area contributed by atoms with E-state index in [1.165, 1.54) is 16.7 Å². The lowest BCUT2D eigenvalue weighted by Gasteiger charge is -2.03. The summed E-state index contributed by atoms with van der Waals surface area (Å²) in [4.78, 5) is 17.4. The van der Waals surface area contributed by atoms with Crippen LogP contribution in [0.4, 0.5) is 0 Å². The number of amides is 1. The molecular weight excluding hydrogens is 398 g/mol. The van der Waals surface area contributed by atoms with Gasteiger partial charge < -0.3 is 4.57 Å². The lowest BCUT2D eigenvalue weighted by Crippen LogP contribution is -2.29. The van der Waals surface area contributed by atoms with Gasteiger partial charge in [0.2, 0.25) is 5.11 Å². The number of aromatic nitrogens is 1. The third kappa shape index (κ3) is 3.51. The van der Waals surface area contributed by atoms with E-state index in [4.69, 9.17) is 23.8 Å². The number of hydrogen-bond acceptors (Lipinski definition) is 3. The molecule has 0 saturated carbocycles. The number of nitrogens with one attached hydrogen (secondary N) is 1. The monoisotopic (exact) mass is 411 g/mol. The summed E-state index contributed by atoms with van der Waals surface area (Å²) in [6, 6.07) is 19.0. The predicted octanol–water partition coefficient (Wildman–Crippen LogP) is 4.66. The Labute approximate surface area is 169 Å². The van der Waals surface area contributed by atoms with Gasteiger partial charge in [-0.1, -0.05) is 53.3 Å². The van der Waals surface area contributed by atoms with Crippen LogP contribution in [0.1, 0.15) is 10.4 Å². The molecule has 1 N–H and O–H groups in total. The minimum Gasteiger partial charge on any atom is -0.319 e. The van der Waals surface area contributed by atoms with E-state index >= 15 is 0 Å². The maximum Gasteiger partial charge on any atom is 0.257 e. The molecule has 27 heavy (non-hydrogen) atoms. The summed E-state index contributed by atoms with van der Waals surface area (Å²) >= 11 is 12.6. The van der Waals surface area contributed by atoms with Crippen molar-refractivity contribution in [2.45, 2.75) is 0 Å². The fourth-order valence-corrected chi connectivity index (χ4v) is 4.31. The Balaban J connectivity index is 1.69. The zero-order chi connectivity index (χ0) is 19.0. The molecule has 0 atom stereocenters. The highest BCUT2D eigenvalue weighted by atomic mass is 35.5. The molecule has 0 spiro atoms. The van der Waals surface area contributed by atoms with Crippen molar-refractivity contribution >= 4 is 67.2 Å². The Hall–Kier alpha value is -2.54. The van der Waals surface area contributed by atoms with Gasteiger partial charge >= 0.3 is 0 Å². The number of thiocarbonyl (C=S) groups is 1. The molecule has 0 aliphatic carbocycles. The van der Waals surface area contributed by atoms with Crippen LogP contribution in [-0.2, 0) is 7.05 Å². The number of benzene rings is 3. The first-order valence-corrected chi connectivity index (χ1v) is 9.76. The number of carbonyl (C=O) groups excluding carboxylic acids is 1. The second kappa shape index (κ2) is 7.23. The molecule has 134 valence electrons. The number of nitrogens with zero attached hydrogens (tertiary/aromatic N) is 2. The molecule has 4 rings (SSSR count). The van der Waals surface area contributed by atoms with Crippen LogP contribution in [0.3, 0.4) is 0 Å². The number of fused-ring (bicyclic) bond motifs is 3. The summed E-state index contributed by atoms with van der Waals surface area (Å²) in [5.41, 5.74) is 1.58. The van der Waals surface area contributed by atoms with E-state index in [1.54, 1.807) is 24.3 Å². The predicted molar refractivity (Wildman–Crippen MR) is 115 cm³/mol. The zero-order valence-corrected chi connectivity index (χ0v) is 16.7. The molecule has 0 radical (unpaired) electrons. The molecule has 1 aromatic heterocycles. The molecule has 1 heterocycles. The minimum absolute atomic E-state index is 0.126. The van der Waals surface area contributed by atoms with Gasteiger partial charge in [-0.25, -0.2) is 0 Å². The van der Waals surface area contributed by atoms with Crippen LogP contribution in [-0.4, -0.2) is 15.6 Å². The number of rotatable bonds is 1. The van der Waals surface area contributed by atoms with Gasteiger partial charge in [-0.15, -0.1) is 0 Å². The quantitative estimate of drug-likeness (QED) is 0.463. The first-order chi connectivity index (χ1) is 13.0. The Morgan fingerprint density at radius 3 is 2.63 bits per heavy atom. The smallest absolute Gasteiger partial charge is 0.257 e. The lowest BCUT2D eigenvalue weighted by atomic mass is 10.1. The molecule has 1 amide bonds. The highest BCUT2D eigenvalue weighted by Crippen LogP contribution is 2.26. The summed E-state index contributed by atoms with van der Waals surface area (Å²) in [5, 5.41) is 5.68. The summed E-state index contributed by atoms with van der Waals surface area (Å²) in [6.07, 6.45) is 0. The van der Waals surface area contributed by atoms with Crippen molar-refractivity contribution in [2.24, 2.45) is 12.0 Å². The van der Waals surface area contributed by atoms with Crippen LogP contribution in [0.15, 0.2) is 65.7 Å². The highest BCUT2D eigenvalue weighted by Gasteiger charge is 2.10. The van der Waals surface area contributed by atoms with Gasteiger partial charge in [0.1, 0.15) is 0 Å². The fraction of sp³-hybridized carbons (Fsp3) is 0.0500. The van der Waals surface area contributed by atoms with E-state index in [2.05, 4.69) is 34.6 Å². The summed E-state index contributed by atoms with van der Waals surface area (Å²) in [5.74, 6) is -0.311. The van der Waals surface area contributed by atoms with Crippen molar-refractivity contribution in [3.8, 4) is 0 Å². The third-order valence-corrected chi connectivity index (χ3v) is 5.75. The molecule has 0 bridgehead atoms. The van der Waals surface area contributed by atoms with E-state index in [1.807, 2.05) is 23.7 Å². The van der Waals surface area contributed by atoms with Crippen molar-refractivity contribution in [3.63, 3.8) is 0 Å². The molecule has 0 fully saturated rings. The van der Waals surface area contributed by atoms with Crippen molar-refractivity contribution in [2.75, 3.05) is 0 Å². The molecular formula is C20H14ClN3OS2. The van der Waals surface area contributed by atoms with Crippen LogP contribution >= 0.6 is 35.2 Å². The molecule has 0 aliphatic rings. The van der Waals surface area contributed by atoms with Crippen LogP contribution in [0.25, 0.3) is 21.0 Å². The normalized spacial score (nSPS) is 11.9. The second-order valence-electron chi connectivity index (χ2n) is 5.96. The van der Waals surface area contributed by atoms with E-state index < -0.39 is 0 Å². The molecule has 0 saturated heterocycles. The number of thiazole rings is 1. The second-order valence-corrected chi connectivity index (χ2v) is 7.79. The molecule has 3 aromatic carbocycles. The Kier molecular flexibility index (Phi) is 4.78. The average Bonchev–Trinajstić information content (AvgIpc) is 2.98. The largest absolute Gasteiger partial charge is 0.319 e. The SMILES string of the molecule is Cn1c(=NC(=S)NC(=O)c2ccc(Cl)cc2)sc2ccc3ccccc3c21. The molecule has 4 nitrogen and oxygen atoms in total. The standard InChI is InChI=1S/C20H14ClN3OS2/c1-24-17-15-5-3-2-4-12(15)8-11-16(17)27-20(24)23-19(26)22-18(25)13-6-9-14(21)10-7-13/h2-11H,1H3,(H,22,25,26). The van der Waals surface area contributed by atoms with Crippen LogP contribution in [0, 0.1) is 0 Å². The van der Waals surface area contributed by atoms with Gasteiger partial charge in [-0.05, 0) is 47.9 Å². The van der Waals surface area contributed by atoms with Gasteiger partial charge in [-0.3, -0.25) is 10.1 Å². The summed E-state index contributed by atoms with van der Waals surface area (Å²) in [7, 11) is 1.95. The molecule has 0 aliphatic heterocycles. The van der Waals surface area contributed by atoms with Gasteiger partial charge in [-0.2, -0.15) is 4.99 Å². The highest BCUT2D eigenvalue weighted by molar-refractivity contribution is 7.80. The Morgan fingerprint density at radius 2 is 1.85 bits per heavy atom. The van der Waals surface area contributed by atoms with E-state index in [9.17, 15) is 4.79 Å². The van der Waals surface area contributed by atoms with E-state index in [-0.39, 0.29) is 11.0 Å². The van der Waals surface area contributed by atoms with Crippen LogP contribution in [0.2, 0.25) is 5.02 Å². The van der Waals surface area contributed by atoms with Gasteiger partial charge in [0.25, 0.3) is 5.91 Å². The Morgan fingerprint density at radius 1 is 1.11 bits per heavy atom. The van der Waals surface area contributed by atoms with Gasteiger partial charge in [0.15, 0.2) is 4.80 Å². The average molecular weight is 412 g/mol. The third-order valence-electron chi connectivity index (χ3n) is 4.21. The van der Waals surface area contributed by atoms with Crippen LogP contribution in [0.5, 0.6) is 0 Å². The number of aryl methyl sites for hydroxylation is 1. The number of halogens is 1. The fourth-order valence-electron chi connectivity index (χ4n) is 2.91. The Bertz CT molecular complexity index is 1260. The maximum absolute atomic E-state index is 12.3. The summed E-state index contributed by atoms with van der Waals surface area (Å²) < 4.78 is 3.12. The van der Waals surface area contributed by atoms with Crippen molar-refractivity contribution in [1.82, 2.24) is 9.88 Å². The summed E-state index contributed by atoms with van der Waals surface area (Å²) in [6.45, 7) is 0. The minimum atomic E-state index is -0.311. The number of carbonyl (C=O) groups is 1. The topological polar surface area (TPSA) is 46.4 Å². The van der Waals surface area contributed by atoms with Crippen molar-refractivity contribution in [1.29, 1.82) is 0 Å². The lowest BCUT2D eigenvalue weighted by molar-refractivity contribution is 0.0977. The van der Waals surface area contributed by atoms with Crippen molar-refractivity contribution < 1.29 is 4.79 Å². The zero-order valence-electron chi connectivity index (χ0n) is 14.3. The molecule has 0 unspecified atom stereocenters. The van der Waals surface area contributed by atoms with Gasteiger partial charge in [0, 0.05) is 23.0 Å².